The van der Waals surface area contributed by atoms with Crippen molar-refractivity contribution in [2.75, 3.05) is 9.80 Å². The first-order chi connectivity index (χ1) is 25.1. The van der Waals surface area contributed by atoms with Crippen LogP contribution < -0.4 is 9.80 Å². The molecule has 0 N–H and O–H groups in total. The van der Waals surface area contributed by atoms with E-state index in [0.717, 1.165) is 34.1 Å². The molecule has 0 radical (unpaired) electrons. The van der Waals surface area contributed by atoms with Gasteiger partial charge < -0.3 is 9.80 Å². The van der Waals surface area contributed by atoms with E-state index in [0.29, 0.717) is 0 Å². The van der Waals surface area contributed by atoms with Crippen LogP contribution in [0.3, 0.4) is 0 Å². The maximum atomic E-state index is 2.44. The van der Waals surface area contributed by atoms with Gasteiger partial charge in [-0.3, -0.25) is 0 Å². The lowest BCUT2D eigenvalue weighted by Gasteiger charge is -2.33. The largest absolute Gasteiger partial charge is 0.310 e. The Hall–Kier alpha value is -6.38. The summed E-state index contributed by atoms with van der Waals surface area (Å²) in [5, 5.41) is 2.52. The van der Waals surface area contributed by atoms with Crippen molar-refractivity contribution in [3.05, 3.63) is 205 Å². The van der Waals surface area contributed by atoms with E-state index in [9.17, 15) is 0 Å². The molecule has 244 valence electrons. The first-order valence-electron chi connectivity index (χ1n) is 17.7. The number of rotatable bonds is 7. The van der Waals surface area contributed by atoms with Gasteiger partial charge in [-0.2, -0.15) is 0 Å². The molecule has 0 bridgehead atoms. The molecule has 9 rings (SSSR count). The summed E-state index contributed by atoms with van der Waals surface area (Å²) in [4.78, 5) is 4.85. The van der Waals surface area contributed by atoms with E-state index in [-0.39, 0.29) is 5.41 Å². The minimum absolute atomic E-state index is 0.243. The molecule has 0 saturated carbocycles. The Morgan fingerprint density at radius 1 is 0.353 bits per heavy atom. The summed E-state index contributed by atoms with van der Waals surface area (Å²) >= 11 is 0. The van der Waals surface area contributed by atoms with Crippen LogP contribution >= 0.6 is 0 Å². The Morgan fingerprint density at radius 2 is 0.843 bits per heavy atom. The van der Waals surface area contributed by atoms with Gasteiger partial charge in [0.2, 0.25) is 0 Å². The number of hydrogen-bond acceptors (Lipinski definition) is 2. The van der Waals surface area contributed by atoms with Crippen molar-refractivity contribution in [2.24, 2.45) is 0 Å². The highest BCUT2D eigenvalue weighted by Gasteiger charge is 2.39. The lowest BCUT2D eigenvalue weighted by molar-refractivity contribution is 0.661. The topological polar surface area (TPSA) is 6.48 Å². The van der Waals surface area contributed by atoms with E-state index < -0.39 is 0 Å². The van der Waals surface area contributed by atoms with Crippen molar-refractivity contribution in [1.82, 2.24) is 0 Å². The monoisotopic (exact) mass is 654 g/mol. The van der Waals surface area contributed by atoms with E-state index in [1.807, 2.05) is 0 Å². The van der Waals surface area contributed by atoms with Crippen molar-refractivity contribution in [3.8, 4) is 22.3 Å². The summed E-state index contributed by atoms with van der Waals surface area (Å²) in [6.07, 6.45) is 0. The highest BCUT2D eigenvalue weighted by atomic mass is 15.2. The number of benzene rings is 8. The van der Waals surface area contributed by atoms with Gasteiger partial charge in [0.1, 0.15) is 0 Å². The highest BCUT2D eigenvalue weighted by Crippen LogP contribution is 2.57. The lowest BCUT2D eigenvalue weighted by Crippen LogP contribution is -2.18. The van der Waals surface area contributed by atoms with Gasteiger partial charge in [-0.25, -0.2) is 0 Å². The molecule has 8 aromatic rings. The third-order valence-corrected chi connectivity index (χ3v) is 10.4. The van der Waals surface area contributed by atoms with Gasteiger partial charge >= 0.3 is 0 Å². The minimum atomic E-state index is -0.243. The summed E-state index contributed by atoms with van der Waals surface area (Å²) in [6.45, 7) is 4.77. The average Bonchev–Trinajstić information content (AvgIpc) is 3.41. The normalized spacial score (nSPS) is 12.7. The van der Waals surface area contributed by atoms with Crippen LogP contribution in [0.5, 0.6) is 0 Å². The Balaban J connectivity index is 1.36. The Labute approximate surface area is 300 Å². The van der Waals surface area contributed by atoms with Crippen molar-refractivity contribution in [3.63, 3.8) is 0 Å². The van der Waals surface area contributed by atoms with Crippen LogP contribution in [0.1, 0.15) is 25.0 Å². The first-order valence-corrected chi connectivity index (χ1v) is 17.7. The van der Waals surface area contributed by atoms with E-state index >= 15 is 0 Å². The van der Waals surface area contributed by atoms with Crippen molar-refractivity contribution in [1.29, 1.82) is 0 Å². The van der Waals surface area contributed by atoms with E-state index in [1.165, 1.54) is 44.2 Å². The molecule has 1 aliphatic carbocycles. The molecule has 51 heavy (non-hydrogen) atoms. The van der Waals surface area contributed by atoms with Crippen molar-refractivity contribution >= 4 is 44.9 Å². The molecule has 0 fully saturated rings. The standard InChI is InChI=1S/C49H38N2/c1-49(2)45-32-38-21-16-15-20-37(38)31-44(45)48-46(49)33-43(34-47(48)51(40-25-11-5-12-26-40)41-27-13-6-14-28-41)50(39-23-9-4-10-24-39)42-29-17-22-36(30-42)35-18-7-3-8-19-35/h3-34H,1-2H3. The summed E-state index contributed by atoms with van der Waals surface area (Å²) < 4.78 is 0. The average molecular weight is 655 g/mol. The maximum absolute atomic E-state index is 2.44. The molecule has 0 heterocycles. The molecular formula is C49H38N2. The second-order valence-corrected chi connectivity index (χ2v) is 13.9. The SMILES string of the molecule is CC1(C)c2cc3ccccc3cc2-c2c(N(c3ccccc3)c3ccccc3)cc(N(c3ccccc3)c3cccc(-c4ccccc4)c3)cc21. The summed E-state index contributed by atoms with van der Waals surface area (Å²) in [5.74, 6) is 0. The molecule has 0 atom stereocenters. The van der Waals surface area contributed by atoms with Crippen LogP contribution in [0.2, 0.25) is 0 Å². The molecule has 0 aliphatic heterocycles. The third kappa shape index (κ3) is 5.37. The predicted molar refractivity (Wildman–Crippen MR) is 216 cm³/mol. The van der Waals surface area contributed by atoms with Crippen LogP contribution in [0.25, 0.3) is 33.0 Å². The quantitative estimate of drug-likeness (QED) is 0.169. The van der Waals surface area contributed by atoms with E-state index in [1.54, 1.807) is 0 Å². The first kappa shape index (κ1) is 30.7. The van der Waals surface area contributed by atoms with Crippen LogP contribution in [-0.4, -0.2) is 0 Å². The van der Waals surface area contributed by atoms with Gasteiger partial charge in [-0.05, 0) is 111 Å². The van der Waals surface area contributed by atoms with E-state index in [4.69, 9.17) is 0 Å². The smallest absolute Gasteiger partial charge is 0.0564 e. The molecule has 2 nitrogen and oxygen atoms in total. The number of para-hydroxylation sites is 3. The van der Waals surface area contributed by atoms with Gasteiger partial charge in [0.15, 0.2) is 0 Å². The highest BCUT2D eigenvalue weighted by molar-refractivity contribution is 6.01. The number of fused-ring (bicyclic) bond motifs is 4. The Morgan fingerprint density at radius 3 is 1.45 bits per heavy atom. The lowest BCUT2D eigenvalue weighted by atomic mass is 9.81. The van der Waals surface area contributed by atoms with Crippen LogP contribution in [0.15, 0.2) is 194 Å². The molecule has 0 unspecified atom stereocenters. The molecule has 0 amide bonds. The molecule has 0 aromatic heterocycles. The van der Waals surface area contributed by atoms with Gasteiger partial charge in [0, 0.05) is 39.4 Å². The van der Waals surface area contributed by atoms with Crippen molar-refractivity contribution in [2.45, 2.75) is 19.3 Å². The van der Waals surface area contributed by atoms with Gasteiger partial charge in [0.05, 0.1) is 5.69 Å². The maximum Gasteiger partial charge on any atom is 0.0564 e. The predicted octanol–water partition coefficient (Wildman–Crippen LogP) is 13.8. The fourth-order valence-electron chi connectivity index (χ4n) is 7.86. The second kappa shape index (κ2) is 12.5. The molecular weight excluding hydrogens is 617 g/mol. The Kier molecular flexibility index (Phi) is 7.51. The second-order valence-electron chi connectivity index (χ2n) is 13.9. The zero-order valence-electron chi connectivity index (χ0n) is 28.9. The molecule has 8 aromatic carbocycles. The third-order valence-electron chi connectivity index (χ3n) is 10.4. The van der Waals surface area contributed by atoms with Crippen LogP contribution in [0, 0.1) is 0 Å². The summed E-state index contributed by atoms with van der Waals surface area (Å²) in [6, 6.07) is 70.3. The molecule has 0 spiro atoms. The van der Waals surface area contributed by atoms with Gasteiger partial charge in [-0.15, -0.1) is 0 Å². The fraction of sp³-hybridized carbons (Fsp3) is 0.0612. The summed E-state index contributed by atoms with van der Waals surface area (Å²) in [5.41, 5.74) is 14.1. The van der Waals surface area contributed by atoms with Gasteiger partial charge in [0.25, 0.3) is 0 Å². The van der Waals surface area contributed by atoms with Crippen LogP contribution in [0.4, 0.5) is 34.1 Å². The Bertz CT molecular complexity index is 2450. The zero-order chi connectivity index (χ0) is 34.4. The fourth-order valence-corrected chi connectivity index (χ4v) is 7.86. The number of anilines is 6. The number of hydrogen-bond donors (Lipinski definition) is 0. The molecule has 2 heteroatoms. The van der Waals surface area contributed by atoms with Gasteiger partial charge in [-0.1, -0.05) is 135 Å². The minimum Gasteiger partial charge on any atom is -0.310 e. The summed E-state index contributed by atoms with van der Waals surface area (Å²) in [7, 11) is 0. The van der Waals surface area contributed by atoms with Crippen LogP contribution in [-0.2, 0) is 5.41 Å². The molecule has 0 saturated heterocycles. The zero-order valence-corrected chi connectivity index (χ0v) is 28.9. The molecule has 1 aliphatic rings. The number of nitrogens with zero attached hydrogens (tertiary/aromatic N) is 2. The van der Waals surface area contributed by atoms with E-state index in [2.05, 4.69) is 218 Å². The van der Waals surface area contributed by atoms with Crippen molar-refractivity contribution < 1.29 is 0 Å².